The number of hydrogen-bond donors (Lipinski definition) is 0. The average Bonchev–Trinajstić information content (AvgIpc) is 2.77. The van der Waals surface area contributed by atoms with Crippen LogP contribution in [0.1, 0.15) is 44.1 Å². The van der Waals surface area contributed by atoms with Crippen LogP contribution < -0.4 is 9.64 Å². The minimum Gasteiger partial charge on any atom is -0.495 e. The number of ether oxygens (including phenoxy) is 1. The van der Waals surface area contributed by atoms with Crippen molar-refractivity contribution in [2.45, 2.75) is 45.4 Å². The van der Waals surface area contributed by atoms with E-state index in [0.717, 1.165) is 42.8 Å². The molecule has 0 radical (unpaired) electrons. The van der Waals surface area contributed by atoms with Gasteiger partial charge in [0.2, 0.25) is 5.91 Å². The van der Waals surface area contributed by atoms with Crippen LogP contribution >= 0.6 is 0 Å². The van der Waals surface area contributed by atoms with Gasteiger partial charge in [0.15, 0.2) is 0 Å². The maximum Gasteiger partial charge on any atom is 0.233 e. The van der Waals surface area contributed by atoms with Crippen molar-refractivity contribution in [2.24, 2.45) is 5.41 Å². The fourth-order valence-electron chi connectivity index (χ4n) is 3.75. The molecule has 1 saturated heterocycles. The molecule has 0 N–H and O–H groups in total. The minimum atomic E-state index is -0.0753. The molecule has 0 unspecified atom stereocenters. The Morgan fingerprint density at radius 2 is 1.90 bits per heavy atom. The van der Waals surface area contributed by atoms with Crippen molar-refractivity contribution in [1.82, 2.24) is 0 Å². The normalized spacial score (nSPS) is 21.5. The molecular weight excluding hydrogens is 250 g/mol. The van der Waals surface area contributed by atoms with Crippen molar-refractivity contribution < 1.29 is 9.53 Å². The van der Waals surface area contributed by atoms with E-state index in [2.05, 4.69) is 6.07 Å². The second-order valence-corrected chi connectivity index (χ2v) is 6.22. The van der Waals surface area contributed by atoms with E-state index in [1.54, 1.807) is 7.11 Å². The number of benzene rings is 1. The lowest BCUT2D eigenvalue weighted by atomic mass is 9.73. The number of amides is 1. The summed E-state index contributed by atoms with van der Waals surface area (Å²) in [5, 5.41) is 0. The van der Waals surface area contributed by atoms with Gasteiger partial charge in [0, 0.05) is 6.54 Å². The molecule has 0 aromatic heterocycles. The lowest BCUT2D eigenvalue weighted by molar-refractivity contribution is -0.127. The molecule has 0 atom stereocenters. The van der Waals surface area contributed by atoms with Crippen LogP contribution in [0.4, 0.5) is 5.69 Å². The van der Waals surface area contributed by atoms with Crippen LogP contribution in [0.5, 0.6) is 5.75 Å². The second-order valence-electron chi connectivity index (χ2n) is 6.22. The molecule has 1 aromatic carbocycles. The van der Waals surface area contributed by atoms with Gasteiger partial charge in [-0.25, -0.2) is 0 Å². The summed E-state index contributed by atoms with van der Waals surface area (Å²) in [5.41, 5.74) is 2.02. The van der Waals surface area contributed by atoms with Crippen LogP contribution in [0, 0.1) is 12.3 Å². The Bertz CT molecular complexity index is 518. The van der Waals surface area contributed by atoms with Gasteiger partial charge in [-0.2, -0.15) is 0 Å². The fraction of sp³-hybridized carbons (Fsp3) is 0.588. The summed E-state index contributed by atoms with van der Waals surface area (Å²) < 4.78 is 5.47. The number of hydrogen-bond acceptors (Lipinski definition) is 2. The summed E-state index contributed by atoms with van der Waals surface area (Å²) in [6.07, 6.45) is 6.81. The highest BCUT2D eigenvalue weighted by molar-refractivity contribution is 6.01. The summed E-state index contributed by atoms with van der Waals surface area (Å²) in [5.74, 6) is 1.13. The van der Waals surface area contributed by atoms with Crippen molar-refractivity contribution in [2.75, 3.05) is 18.6 Å². The van der Waals surface area contributed by atoms with E-state index in [9.17, 15) is 4.79 Å². The fourth-order valence-corrected chi connectivity index (χ4v) is 3.75. The molecule has 3 rings (SSSR count). The zero-order chi connectivity index (χ0) is 14.2. The van der Waals surface area contributed by atoms with Gasteiger partial charge in [-0.1, -0.05) is 25.3 Å². The first-order valence-electron chi connectivity index (χ1n) is 7.63. The molecule has 1 amide bonds. The Kier molecular flexibility index (Phi) is 3.45. The Morgan fingerprint density at radius 3 is 2.60 bits per heavy atom. The van der Waals surface area contributed by atoms with Crippen LogP contribution in [-0.4, -0.2) is 19.6 Å². The van der Waals surface area contributed by atoms with Gasteiger partial charge in [-0.3, -0.25) is 4.79 Å². The summed E-state index contributed by atoms with van der Waals surface area (Å²) in [6.45, 7) is 2.87. The van der Waals surface area contributed by atoms with Gasteiger partial charge in [-0.05, 0) is 43.9 Å². The van der Waals surface area contributed by atoms with Crippen LogP contribution in [0.2, 0.25) is 0 Å². The third kappa shape index (κ3) is 2.09. The Morgan fingerprint density at radius 1 is 1.15 bits per heavy atom. The van der Waals surface area contributed by atoms with Crippen LogP contribution in [0.15, 0.2) is 18.2 Å². The van der Waals surface area contributed by atoms with Gasteiger partial charge in [0.1, 0.15) is 5.75 Å². The lowest BCUT2D eigenvalue weighted by Gasteiger charge is -2.31. The smallest absolute Gasteiger partial charge is 0.233 e. The van der Waals surface area contributed by atoms with E-state index in [1.807, 2.05) is 24.0 Å². The minimum absolute atomic E-state index is 0.0753. The van der Waals surface area contributed by atoms with E-state index < -0.39 is 0 Å². The molecule has 2 aliphatic rings. The number of carbonyl (C=O) groups excluding carboxylic acids is 1. The van der Waals surface area contributed by atoms with E-state index in [0.29, 0.717) is 5.91 Å². The highest BCUT2D eigenvalue weighted by atomic mass is 16.5. The van der Waals surface area contributed by atoms with E-state index in [4.69, 9.17) is 4.74 Å². The van der Waals surface area contributed by atoms with Gasteiger partial charge in [-0.15, -0.1) is 0 Å². The first kappa shape index (κ1) is 13.5. The summed E-state index contributed by atoms with van der Waals surface area (Å²) in [6, 6.07) is 6.08. The van der Waals surface area contributed by atoms with E-state index in [-0.39, 0.29) is 5.41 Å². The number of carbonyl (C=O) groups is 1. The quantitative estimate of drug-likeness (QED) is 0.822. The maximum absolute atomic E-state index is 12.9. The molecule has 1 saturated carbocycles. The molecule has 20 heavy (non-hydrogen) atoms. The molecule has 1 aliphatic carbocycles. The van der Waals surface area contributed by atoms with Crippen molar-refractivity contribution in [3.63, 3.8) is 0 Å². The number of rotatable bonds is 2. The van der Waals surface area contributed by atoms with Gasteiger partial charge in [0.05, 0.1) is 18.2 Å². The molecule has 1 aromatic rings. The SMILES string of the molecule is COc1cc(C)ccc1N1CCC2(CCCCC2)C1=O. The first-order valence-corrected chi connectivity index (χ1v) is 7.63. The zero-order valence-corrected chi connectivity index (χ0v) is 12.4. The molecule has 2 fully saturated rings. The molecule has 1 spiro atoms. The third-order valence-corrected chi connectivity index (χ3v) is 4.95. The van der Waals surface area contributed by atoms with E-state index >= 15 is 0 Å². The van der Waals surface area contributed by atoms with Gasteiger partial charge in [0.25, 0.3) is 0 Å². The summed E-state index contributed by atoms with van der Waals surface area (Å²) >= 11 is 0. The van der Waals surface area contributed by atoms with Crippen LogP contribution in [-0.2, 0) is 4.79 Å². The molecule has 0 bridgehead atoms. The number of methoxy groups -OCH3 is 1. The summed E-state index contributed by atoms with van der Waals surface area (Å²) in [4.78, 5) is 14.9. The monoisotopic (exact) mass is 273 g/mol. The predicted molar refractivity (Wildman–Crippen MR) is 80.2 cm³/mol. The highest BCUT2D eigenvalue weighted by Gasteiger charge is 2.47. The lowest BCUT2D eigenvalue weighted by Crippen LogP contribution is -2.36. The number of nitrogens with zero attached hydrogens (tertiary/aromatic N) is 1. The largest absolute Gasteiger partial charge is 0.495 e. The van der Waals surface area contributed by atoms with Gasteiger partial charge < -0.3 is 9.64 Å². The van der Waals surface area contributed by atoms with Crippen molar-refractivity contribution in [3.05, 3.63) is 23.8 Å². The topological polar surface area (TPSA) is 29.5 Å². The van der Waals surface area contributed by atoms with Crippen molar-refractivity contribution in [3.8, 4) is 5.75 Å². The zero-order valence-electron chi connectivity index (χ0n) is 12.4. The average molecular weight is 273 g/mol. The summed E-state index contributed by atoms with van der Waals surface area (Å²) in [7, 11) is 1.68. The standard InChI is InChI=1S/C17H23NO2/c1-13-6-7-14(15(12-13)20-2)18-11-10-17(16(18)19)8-4-3-5-9-17/h6-7,12H,3-5,8-11H2,1-2H3. The molecule has 3 heteroatoms. The van der Waals surface area contributed by atoms with Crippen LogP contribution in [0.25, 0.3) is 0 Å². The predicted octanol–water partition coefficient (Wildman–Crippen LogP) is 3.69. The Balaban J connectivity index is 1.91. The van der Waals surface area contributed by atoms with Crippen molar-refractivity contribution >= 4 is 11.6 Å². The van der Waals surface area contributed by atoms with Crippen LogP contribution in [0.3, 0.4) is 0 Å². The first-order chi connectivity index (χ1) is 9.66. The molecular formula is C17H23NO2. The maximum atomic E-state index is 12.9. The molecule has 3 nitrogen and oxygen atoms in total. The Labute approximate surface area is 120 Å². The number of aryl methyl sites for hydroxylation is 1. The number of anilines is 1. The third-order valence-electron chi connectivity index (χ3n) is 4.95. The molecule has 108 valence electrons. The van der Waals surface area contributed by atoms with E-state index in [1.165, 1.54) is 19.3 Å². The highest BCUT2D eigenvalue weighted by Crippen LogP contribution is 2.47. The van der Waals surface area contributed by atoms with Gasteiger partial charge >= 0.3 is 0 Å². The molecule has 1 heterocycles. The van der Waals surface area contributed by atoms with Crippen molar-refractivity contribution in [1.29, 1.82) is 0 Å². The molecule has 1 aliphatic heterocycles. The Hall–Kier alpha value is -1.51. The second kappa shape index (κ2) is 5.12.